The van der Waals surface area contributed by atoms with Crippen molar-refractivity contribution in [2.45, 2.75) is 15.5 Å². The second-order valence-electron chi connectivity index (χ2n) is 6.33. The van der Waals surface area contributed by atoms with Gasteiger partial charge in [0.15, 0.2) is 4.96 Å². The summed E-state index contributed by atoms with van der Waals surface area (Å²) in [7, 11) is -3.94. The molecule has 4 rings (SSSR count). The number of fused-ring (bicyclic) bond motifs is 1. The molecule has 0 spiro atoms. The first-order chi connectivity index (χ1) is 14.4. The van der Waals surface area contributed by atoms with Crippen molar-refractivity contribution in [3.05, 3.63) is 62.0 Å². The van der Waals surface area contributed by atoms with Crippen molar-refractivity contribution in [2.75, 3.05) is 26.3 Å². The fourth-order valence-corrected chi connectivity index (χ4v) is 6.52. The minimum Gasteiger partial charge on any atom is -0.379 e. The molecule has 3 heterocycles. The van der Waals surface area contributed by atoms with Gasteiger partial charge in [0.25, 0.3) is 11.2 Å². The third-order valence-corrected chi connectivity index (χ3v) is 8.39. The number of nitro groups is 1. The number of sulfonamides is 1. The van der Waals surface area contributed by atoms with Crippen LogP contribution in [0.5, 0.6) is 0 Å². The number of benzene rings is 1. The lowest BCUT2D eigenvalue weighted by Crippen LogP contribution is -2.40. The van der Waals surface area contributed by atoms with Gasteiger partial charge < -0.3 is 4.74 Å². The molecule has 158 valence electrons. The van der Waals surface area contributed by atoms with Crippen LogP contribution in [0.1, 0.15) is 5.69 Å². The van der Waals surface area contributed by atoms with Crippen molar-refractivity contribution in [1.29, 1.82) is 0 Å². The van der Waals surface area contributed by atoms with Gasteiger partial charge in [-0.25, -0.2) is 13.4 Å². The largest absolute Gasteiger partial charge is 0.379 e. The van der Waals surface area contributed by atoms with E-state index in [2.05, 4.69) is 4.98 Å². The molecule has 30 heavy (non-hydrogen) atoms. The van der Waals surface area contributed by atoms with E-state index in [1.165, 1.54) is 50.0 Å². The Hall–Kier alpha value is -2.32. The maximum absolute atomic E-state index is 13.2. The molecule has 0 saturated carbocycles. The maximum Gasteiger partial charge on any atom is 0.270 e. The van der Waals surface area contributed by atoms with Gasteiger partial charge in [-0.3, -0.25) is 19.3 Å². The molecule has 0 unspecified atom stereocenters. The Kier molecular flexibility index (Phi) is 5.88. The lowest BCUT2D eigenvalue weighted by molar-refractivity contribution is -0.385. The summed E-state index contributed by atoms with van der Waals surface area (Å²) < 4.78 is 34.2. The highest BCUT2D eigenvalue weighted by Gasteiger charge is 2.30. The van der Waals surface area contributed by atoms with E-state index in [0.29, 0.717) is 15.6 Å². The molecule has 1 aliphatic rings. The molecule has 1 aliphatic heterocycles. The van der Waals surface area contributed by atoms with Crippen LogP contribution in [0.4, 0.5) is 5.69 Å². The second-order valence-corrected chi connectivity index (χ2v) is 10.1. The number of aromatic nitrogens is 2. The normalized spacial score (nSPS) is 15.5. The summed E-state index contributed by atoms with van der Waals surface area (Å²) >= 11 is 2.49. The van der Waals surface area contributed by atoms with E-state index in [1.807, 2.05) is 0 Å². The number of nitro benzene ring substituents is 1. The zero-order chi connectivity index (χ0) is 21.3. The average Bonchev–Trinajstić information content (AvgIpc) is 3.22. The van der Waals surface area contributed by atoms with Gasteiger partial charge in [-0.15, -0.1) is 23.1 Å². The molecule has 0 atom stereocenters. The van der Waals surface area contributed by atoms with Crippen LogP contribution in [0, 0.1) is 10.1 Å². The summed E-state index contributed by atoms with van der Waals surface area (Å²) in [5.41, 5.74) is -0.0233. The summed E-state index contributed by atoms with van der Waals surface area (Å²) in [4.78, 5) is 27.9. The highest BCUT2D eigenvalue weighted by atomic mass is 32.2. The van der Waals surface area contributed by atoms with Crippen LogP contribution >= 0.6 is 23.1 Å². The number of nitrogens with zero attached hydrogens (tertiary/aromatic N) is 4. The van der Waals surface area contributed by atoms with Gasteiger partial charge in [0.05, 0.1) is 23.8 Å². The van der Waals surface area contributed by atoms with E-state index in [4.69, 9.17) is 4.74 Å². The molecule has 2 aromatic heterocycles. The number of hydrogen-bond acceptors (Lipinski definition) is 9. The lowest BCUT2D eigenvalue weighted by Gasteiger charge is -2.26. The first-order valence-electron chi connectivity index (χ1n) is 8.81. The molecular formula is C17H16N4O6S3. The van der Waals surface area contributed by atoms with Crippen molar-refractivity contribution < 1.29 is 18.1 Å². The molecule has 0 N–H and O–H groups in total. The van der Waals surface area contributed by atoms with Crippen LogP contribution in [0.3, 0.4) is 0 Å². The Morgan fingerprint density at radius 2 is 2.03 bits per heavy atom. The third kappa shape index (κ3) is 4.11. The number of rotatable bonds is 6. The lowest BCUT2D eigenvalue weighted by atomic mass is 10.3. The molecule has 0 amide bonds. The molecule has 0 aliphatic carbocycles. The zero-order valence-electron chi connectivity index (χ0n) is 15.5. The average molecular weight is 469 g/mol. The van der Waals surface area contributed by atoms with Crippen LogP contribution in [0.2, 0.25) is 0 Å². The van der Waals surface area contributed by atoms with Gasteiger partial charge in [-0.05, 0) is 6.07 Å². The van der Waals surface area contributed by atoms with E-state index < -0.39 is 14.9 Å². The first kappa shape index (κ1) is 20.9. The minimum absolute atomic E-state index is 0.127. The van der Waals surface area contributed by atoms with Crippen molar-refractivity contribution in [2.24, 2.45) is 0 Å². The van der Waals surface area contributed by atoms with Gasteiger partial charge in [-0.2, -0.15) is 4.31 Å². The van der Waals surface area contributed by atoms with Crippen LogP contribution in [0.25, 0.3) is 4.96 Å². The topological polar surface area (TPSA) is 124 Å². The summed E-state index contributed by atoms with van der Waals surface area (Å²) in [5.74, 6) is 0.243. The maximum atomic E-state index is 13.2. The SMILES string of the molecule is O=c1cc(CSc2ccc([N+](=O)[O-])cc2S(=O)(=O)N2CCOCC2)nc2sccn12. The number of thioether (sulfide) groups is 1. The Bertz CT molecular complexity index is 1260. The quantitative estimate of drug-likeness (QED) is 0.306. The van der Waals surface area contributed by atoms with Crippen molar-refractivity contribution in [1.82, 2.24) is 13.7 Å². The molecule has 3 aromatic rings. The van der Waals surface area contributed by atoms with E-state index in [-0.39, 0.29) is 48.2 Å². The molecule has 1 saturated heterocycles. The molecule has 1 aromatic carbocycles. The number of non-ortho nitro benzene ring substituents is 1. The van der Waals surface area contributed by atoms with E-state index in [9.17, 15) is 23.3 Å². The van der Waals surface area contributed by atoms with Crippen LogP contribution in [-0.2, 0) is 20.5 Å². The molecule has 13 heteroatoms. The highest BCUT2D eigenvalue weighted by molar-refractivity contribution is 7.99. The van der Waals surface area contributed by atoms with Crippen LogP contribution < -0.4 is 5.56 Å². The minimum atomic E-state index is -3.94. The van der Waals surface area contributed by atoms with E-state index >= 15 is 0 Å². The van der Waals surface area contributed by atoms with Gasteiger partial charge in [0.1, 0.15) is 4.90 Å². The van der Waals surface area contributed by atoms with Gasteiger partial charge in [0.2, 0.25) is 10.0 Å². The summed E-state index contributed by atoms with van der Waals surface area (Å²) in [6.07, 6.45) is 1.63. The molecule has 0 radical (unpaired) electrons. The Balaban J connectivity index is 1.68. The second kappa shape index (κ2) is 8.43. The smallest absolute Gasteiger partial charge is 0.270 e. The summed E-state index contributed by atoms with van der Waals surface area (Å²) in [5, 5.41) is 13.0. The fraction of sp³-hybridized carbons (Fsp3) is 0.294. The summed E-state index contributed by atoms with van der Waals surface area (Å²) in [6.45, 7) is 0.904. The third-order valence-electron chi connectivity index (χ3n) is 4.46. The standard InChI is InChI=1S/C17H16N4O6S3/c22-16-9-12(18-17-20(16)5-8-28-17)11-29-14-2-1-13(21(23)24)10-15(14)30(25,26)19-3-6-27-7-4-19/h1-2,5,8-10H,3-4,6-7,11H2. The predicted octanol–water partition coefficient (Wildman–Crippen LogP) is 1.98. The monoisotopic (exact) mass is 468 g/mol. The predicted molar refractivity (Wildman–Crippen MR) is 112 cm³/mol. The summed E-state index contributed by atoms with van der Waals surface area (Å²) in [6, 6.07) is 5.17. The Labute approximate surface area is 179 Å². The van der Waals surface area contributed by atoms with Crippen LogP contribution in [-0.4, -0.2) is 53.3 Å². The van der Waals surface area contributed by atoms with E-state index in [0.717, 1.165) is 6.07 Å². The number of morpholine rings is 1. The van der Waals surface area contributed by atoms with Gasteiger partial charge >= 0.3 is 0 Å². The molecular weight excluding hydrogens is 452 g/mol. The van der Waals surface area contributed by atoms with Crippen molar-refractivity contribution in [3.63, 3.8) is 0 Å². The number of ether oxygens (including phenoxy) is 1. The first-order valence-corrected chi connectivity index (χ1v) is 12.1. The number of hydrogen-bond donors (Lipinski definition) is 0. The van der Waals surface area contributed by atoms with Crippen LogP contribution in [0.15, 0.2) is 50.4 Å². The fourth-order valence-electron chi connectivity index (χ4n) is 2.97. The Morgan fingerprint density at radius 1 is 1.27 bits per heavy atom. The van der Waals surface area contributed by atoms with E-state index in [1.54, 1.807) is 11.6 Å². The Morgan fingerprint density at radius 3 is 2.77 bits per heavy atom. The highest BCUT2D eigenvalue weighted by Crippen LogP contribution is 2.34. The van der Waals surface area contributed by atoms with Crippen molar-refractivity contribution >= 4 is 43.8 Å². The molecule has 1 fully saturated rings. The molecule has 10 nitrogen and oxygen atoms in total. The van der Waals surface area contributed by atoms with Gasteiger partial charge in [0, 0.05) is 53.5 Å². The molecule has 0 bridgehead atoms. The zero-order valence-corrected chi connectivity index (χ0v) is 17.9. The van der Waals surface area contributed by atoms with Crippen molar-refractivity contribution in [3.8, 4) is 0 Å². The number of thiazole rings is 1. The van der Waals surface area contributed by atoms with Gasteiger partial charge in [-0.1, -0.05) is 0 Å².